The van der Waals surface area contributed by atoms with Gasteiger partial charge in [-0.25, -0.2) is 4.39 Å². The van der Waals surface area contributed by atoms with Crippen molar-refractivity contribution in [1.29, 1.82) is 0 Å². The molecule has 1 nitrogen and oxygen atoms in total. The molecule has 0 heterocycles. The summed E-state index contributed by atoms with van der Waals surface area (Å²) in [5.41, 5.74) is 2.46. The molecule has 1 aliphatic carbocycles. The molecule has 2 rings (SSSR count). The van der Waals surface area contributed by atoms with Gasteiger partial charge < -0.3 is 5.32 Å². The second kappa shape index (κ2) is 6.91. The van der Waals surface area contributed by atoms with Crippen LogP contribution in [0.15, 0.2) is 18.2 Å². The van der Waals surface area contributed by atoms with Crippen molar-refractivity contribution >= 4 is 0 Å². The van der Waals surface area contributed by atoms with Crippen LogP contribution in [0.3, 0.4) is 0 Å². The first-order valence-corrected chi connectivity index (χ1v) is 8.44. The smallest absolute Gasteiger partial charge is 0.123 e. The third-order valence-electron chi connectivity index (χ3n) is 5.03. The summed E-state index contributed by atoms with van der Waals surface area (Å²) in [6.45, 7) is 9.92. The highest BCUT2D eigenvalue weighted by Gasteiger charge is 2.38. The van der Waals surface area contributed by atoms with Crippen LogP contribution < -0.4 is 5.32 Å². The molecule has 1 fully saturated rings. The molecule has 0 radical (unpaired) electrons. The third-order valence-corrected chi connectivity index (χ3v) is 5.03. The van der Waals surface area contributed by atoms with Gasteiger partial charge in [0.05, 0.1) is 0 Å². The van der Waals surface area contributed by atoms with Gasteiger partial charge in [-0.15, -0.1) is 0 Å². The predicted octanol–water partition coefficient (Wildman–Crippen LogP) is 5.39. The lowest BCUT2D eigenvalue weighted by Crippen LogP contribution is -2.39. The minimum atomic E-state index is -0.109. The standard InChI is InChI=1S/C19H30FN/c1-5-10-21-18(15-11-14(2)12-16(20)13-15)17-8-6-7-9-19(17,3)4/h11-13,17-18,21H,5-10H2,1-4H3. The van der Waals surface area contributed by atoms with Crippen molar-refractivity contribution in [3.63, 3.8) is 0 Å². The van der Waals surface area contributed by atoms with Crippen molar-refractivity contribution in [1.82, 2.24) is 5.32 Å². The van der Waals surface area contributed by atoms with E-state index in [9.17, 15) is 4.39 Å². The molecule has 1 aromatic rings. The first-order valence-electron chi connectivity index (χ1n) is 8.44. The summed E-state index contributed by atoms with van der Waals surface area (Å²) in [5, 5.41) is 3.70. The van der Waals surface area contributed by atoms with E-state index in [0.717, 1.165) is 24.1 Å². The number of nitrogens with one attached hydrogen (secondary N) is 1. The van der Waals surface area contributed by atoms with E-state index in [1.807, 2.05) is 6.92 Å². The van der Waals surface area contributed by atoms with E-state index in [1.54, 1.807) is 12.1 Å². The zero-order valence-electron chi connectivity index (χ0n) is 14.0. The molecule has 21 heavy (non-hydrogen) atoms. The van der Waals surface area contributed by atoms with Gasteiger partial charge in [-0.3, -0.25) is 0 Å². The lowest BCUT2D eigenvalue weighted by molar-refractivity contribution is 0.0980. The summed E-state index contributed by atoms with van der Waals surface area (Å²) in [7, 11) is 0. The highest BCUT2D eigenvalue weighted by atomic mass is 19.1. The Bertz CT molecular complexity index is 446. The molecule has 118 valence electrons. The molecule has 1 aromatic carbocycles. The van der Waals surface area contributed by atoms with E-state index < -0.39 is 0 Å². The Morgan fingerprint density at radius 2 is 2.05 bits per heavy atom. The Morgan fingerprint density at radius 1 is 1.29 bits per heavy atom. The fourth-order valence-electron chi connectivity index (χ4n) is 3.88. The molecule has 2 heteroatoms. The van der Waals surface area contributed by atoms with Crippen molar-refractivity contribution in [3.05, 3.63) is 35.1 Å². The SMILES string of the molecule is CCCNC(c1cc(C)cc(F)c1)C1CCCCC1(C)C. The van der Waals surface area contributed by atoms with Crippen LogP contribution in [-0.2, 0) is 0 Å². The van der Waals surface area contributed by atoms with Crippen LogP contribution in [0.25, 0.3) is 0 Å². The molecule has 0 amide bonds. The maximum absolute atomic E-state index is 13.8. The van der Waals surface area contributed by atoms with Gasteiger partial charge in [0, 0.05) is 6.04 Å². The van der Waals surface area contributed by atoms with E-state index in [1.165, 1.54) is 25.7 Å². The monoisotopic (exact) mass is 291 g/mol. The average molecular weight is 291 g/mol. The van der Waals surface area contributed by atoms with Crippen LogP contribution in [0.1, 0.15) is 70.0 Å². The van der Waals surface area contributed by atoms with Crippen molar-refractivity contribution in [2.45, 2.75) is 65.8 Å². The van der Waals surface area contributed by atoms with E-state index in [0.29, 0.717) is 11.3 Å². The minimum absolute atomic E-state index is 0.109. The second-order valence-corrected chi connectivity index (χ2v) is 7.33. The van der Waals surface area contributed by atoms with Crippen LogP contribution in [0.4, 0.5) is 4.39 Å². The predicted molar refractivity (Wildman–Crippen MR) is 87.9 cm³/mol. The number of hydrogen-bond acceptors (Lipinski definition) is 1. The van der Waals surface area contributed by atoms with Gasteiger partial charge in [0.2, 0.25) is 0 Å². The van der Waals surface area contributed by atoms with Gasteiger partial charge in [0.15, 0.2) is 0 Å². The molecule has 2 atom stereocenters. The van der Waals surface area contributed by atoms with Crippen LogP contribution in [0.5, 0.6) is 0 Å². The molecule has 1 aliphatic rings. The largest absolute Gasteiger partial charge is 0.310 e. The normalized spacial score (nSPS) is 23.0. The summed E-state index contributed by atoms with van der Waals surface area (Å²) in [6, 6.07) is 5.77. The number of rotatable bonds is 5. The summed E-state index contributed by atoms with van der Waals surface area (Å²) in [5.74, 6) is 0.473. The Morgan fingerprint density at radius 3 is 2.67 bits per heavy atom. The first-order chi connectivity index (χ1) is 9.94. The Hall–Kier alpha value is -0.890. The zero-order chi connectivity index (χ0) is 15.5. The van der Waals surface area contributed by atoms with E-state index >= 15 is 0 Å². The molecule has 2 unspecified atom stereocenters. The van der Waals surface area contributed by atoms with Gasteiger partial charge in [-0.2, -0.15) is 0 Å². The van der Waals surface area contributed by atoms with Gasteiger partial charge in [-0.05, 0) is 67.3 Å². The Balaban J connectivity index is 2.32. The van der Waals surface area contributed by atoms with E-state index in [2.05, 4.69) is 32.2 Å². The quantitative estimate of drug-likeness (QED) is 0.766. The van der Waals surface area contributed by atoms with Crippen molar-refractivity contribution < 1.29 is 4.39 Å². The Kier molecular flexibility index (Phi) is 5.43. The van der Waals surface area contributed by atoms with Gasteiger partial charge in [-0.1, -0.05) is 39.7 Å². The summed E-state index contributed by atoms with van der Waals surface area (Å²) in [4.78, 5) is 0. The highest BCUT2D eigenvalue weighted by Crippen LogP contribution is 2.46. The molecule has 1 N–H and O–H groups in total. The molecular formula is C19H30FN. The lowest BCUT2D eigenvalue weighted by atomic mass is 9.64. The van der Waals surface area contributed by atoms with E-state index in [-0.39, 0.29) is 11.9 Å². The third kappa shape index (κ3) is 4.06. The summed E-state index contributed by atoms with van der Waals surface area (Å²) >= 11 is 0. The van der Waals surface area contributed by atoms with E-state index in [4.69, 9.17) is 0 Å². The zero-order valence-corrected chi connectivity index (χ0v) is 14.0. The molecule has 0 saturated heterocycles. The average Bonchev–Trinajstić information content (AvgIpc) is 2.39. The van der Waals surface area contributed by atoms with Crippen LogP contribution in [0.2, 0.25) is 0 Å². The lowest BCUT2D eigenvalue weighted by Gasteiger charge is -2.44. The van der Waals surface area contributed by atoms with Crippen molar-refractivity contribution in [2.24, 2.45) is 11.3 Å². The highest BCUT2D eigenvalue weighted by molar-refractivity contribution is 5.27. The van der Waals surface area contributed by atoms with Crippen molar-refractivity contribution in [2.75, 3.05) is 6.54 Å². The van der Waals surface area contributed by atoms with Crippen molar-refractivity contribution in [3.8, 4) is 0 Å². The molecule has 0 aromatic heterocycles. The second-order valence-electron chi connectivity index (χ2n) is 7.33. The number of aryl methyl sites for hydroxylation is 1. The molecule has 0 aliphatic heterocycles. The number of halogens is 1. The maximum Gasteiger partial charge on any atom is 0.123 e. The summed E-state index contributed by atoms with van der Waals surface area (Å²) < 4.78 is 13.8. The minimum Gasteiger partial charge on any atom is -0.310 e. The summed E-state index contributed by atoms with van der Waals surface area (Å²) in [6.07, 6.45) is 6.25. The van der Waals surface area contributed by atoms with Gasteiger partial charge in [0.1, 0.15) is 5.82 Å². The van der Waals surface area contributed by atoms with Gasteiger partial charge >= 0.3 is 0 Å². The molecular weight excluding hydrogens is 261 g/mol. The Labute approximate surface area is 129 Å². The fraction of sp³-hybridized carbons (Fsp3) is 0.684. The number of benzene rings is 1. The van der Waals surface area contributed by atoms with Gasteiger partial charge in [0.25, 0.3) is 0 Å². The van der Waals surface area contributed by atoms with Crippen LogP contribution in [-0.4, -0.2) is 6.54 Å². The topological polar surface area (TPSA) is 12.0 Å². The maximum atomic E-state index is 13.8. The fourth-order valence-corrected chi connectivity index (χ4v) is 3.88. The molecule has 0 spiro atoms. The molecule has 0 bridgehead atoms. The molecule has 1 saturated carbocycles. The van der Waals surface area contributed by atoms with Crippen LogP contribution in [0, 0.1) is 24.1 Å². The van der Waals surface area contributed by atoms with Crippen LogP contribution >= 0.6 is 0 Å². The number of hydrogen-bond donors (Lipinski definition) is 1. The first kappa shape index (κ1) is 16.5.